The first kappa shape index (κ1) is 17.5. The number of hydroxylamine groups is 1. The number of amides is 1. The Morgan fingerprint density at radius 3 is 2.25 bits per heavy atom. The standard InChI is InChI=1S/C19H21NO4/c1-3-7-14(2)19(22)24-20-18(21)15-10-12-17(13-11-15)23-16-8-5-4-6-9-16/h4-6,8-14H,3,7H2,1-2H3,(H,20,21). The van der Waals surface area contributed by atoms with Crippen molar-refractivity contribution in [1.82, 2.24) is 5.48 Å². The molecule has 1 unspecified atom stereocenters. The zero-order chi connectivity index (χ0) is 17.4. The number of carbonyl (C=O) groups excluding carboxylic acids is 2. The molecule has 5 heteroatoms. The first-order chi connectivity index (χ1) is 11.6. The summed E-state index contributed by atoms with van der Waals surface area (Å²) in [6.07, 6.45) is 1.60. The molecule has 0 saturated heterocycles. The summed E-state index contributed by atoms with van der Waals surface area (Å²) in [7, 11) is 0. The van der Waals surface area contributed by atoms with Crippen molar-refractivity contribution in [3.8, 4) is 11.5 Å². The second kappa shape index (κ2) is 8.72. The molecule has 5 nitrogen and oxygen atoms in total. The smallest absolute Gasteiger partial charge is 0.335 e. The molecule has 2 aromatic rings. The minimum atomic E-state index is -0.474. The van der Waals surface area contributed by atoms with Crippen molar-refractivity contribution in [3.63, 3.8) is 0 Å². The van der Waals surface area contributed by atoms with E-state index < -0.39 is 11.9 Å². The van der Waals surface area contributed by atoms with Crippen LogP contribution in [0.15, 0.2) is 54.6 Å². The lowest BCUT2D eigenvalue weighted by atomic mass is 10.1. The van der Waals surface area contributed by atoms with E-state index in [0.717, 1.165) is 12.8 Å². The summed E-state index contributed by atoms with van der Waals surface area (Å²) in [5, 5.41) is 0. The van der Waals surface area contributed by atoms with Crippen LogP contribution in [0.4, 0.5) is 0 Å². The molecule has 126 valence electrons. The van der Waals surface area contributed by atoms with E-state index in [9.17, 15) is 9.59 Å². The number of carbonyl (C=O) groups is 2. The number of rotatable bonds is 6. The molecule has 1 atom stereocenters. The average molecular weight is 327 g/mol. The van der Waals surface area contributed by atoms with Gasteiger partial charge < -0.3 is 9.57 Å². The zero-order valence-corrected chi connectivity index (χ0v) is 13.8. The Kier molecular flexibility index (Phi) is 6.37. The van der Waals surface area contributed by atoms with Crippen LogP contribution in [0.25, 0.3) is 0 Å². The molecule has 2 aromatic carbocycles. The summed E-state index contributed by atoms with van der Waals surface area (Å²) in [4.78, 5) is 28.5. The van der Waals surface area contributed by atoms with Crippen LogP contribution in [0.3, 0.4) is 0 Å². The molecule has 0 aromatic heterocycles. The summed E-state index contributed by atoms with van der Waals surface area (Å²) in [6.45, 7) is 3.76. The van der Waals surface area contributed by atoms with Crippen molar-refractivity contribution in [2.45, 2.75) is 26.7 Å². The van der Waals surface area contributed by atoms with Gasteiger partial charge in [-0.2, -0.15) is 5.48 Å². The third kappa shape index (κ3) is 5.12. The van der Waals surface area contributed by atoms with Crippen LogP contribution >= 0.6 is 0 Å². The number of hydrogen-bond donors (Lipinski definition) is 1. The van der Waals surface area contributed by atoms with Gasteiger partial charge in [-0.15, -0.1) is 0 Å². The molecule has 0 saturated carbocycles. The Hall–Kier alpha value is -2.82. The van der Waals surface area contributed by atoms with Crippen molar-refractivity contribution < 1.29 is 19.2 Å². The third-order valence-corrected chi connectivity index (χ3v) is 3.46. The molecule has 24 heavy (non-hydrogen) atoms. The number of nitrogens with one attached hydrogen (secondary N) is 1. The van der Waals surface area contributed by atoms with Gasteiger partial charge in [-0.25, -0.2) is 4.79 Å². The van der Waals surface area contributed by atoms with Crippen LogP contribution in [0.1, 0.15) is 37.0 Å². The molecule has 1 N–H and O–H groups in total. The van der Waals surface area contributed by atoms with Crippen molar-refractivity contribution in [1.29, 1.82) is 0 Å². The predicted octanol–water partition coefficient (Wildman–Crippen LogP) is 4.10. The summed E-state index contributed by atoms with van der Waals surface area (Å²) in [5.74, 6) is 0.185. The van der Waals surface area contributed by atoms with Crippen molar-refractivity contribution in [3.05, 3.63) is 60.2 Å². The minimum absolute atomic E-state index is 0.239. The number of para-hydroxylation sites is 1. The van der Waals surface area contributed by atoms with Crippen LogP contribution in [-0.2, 0) is 9.63 Å². The van der Waals surface area contributed by atoms with Gasteiger partial charge >= 0.3 is 5.97 Å². The maximum Gasteiger partial charge on any atom is 0.335 e. The Bertz CT molecular complexity index is 668. The molecular formula is C19H21NO4. The van der Waals surface area contributed by atoms with E-state index >= 15 is 0 Å². The maximum atomic E-state index is 12.0. The number of benzene rings is 2. The van der Waals surface area contributed by atoms with Crippen molar-refractivity contribution in [2.24, 2.45) is 5.92 Å². The van der Waals surface area contributed by atoms with Crippen LogP contribution < -0.4 is 10.2 Å². The minimum Gasteiger partial charge on any atom is -0.457 e. The van der Waals surface area contributed by atoms with Gasteiger partial charge in [-0.3, -0.25) is 4.79 Å². The van der Waals surface area contributed by atoms with Crippen molar-refractivity contribution in [2.75, 3.05) is 0 Å². The lowest BCUT2D eigenvalue weighted by molar-refractivity contribution is -0.153. The summed E-state index contributed by atoms with van der Waals surface area (Å²) in [5.41, 5.74) is 2.56. The largest absolute Gasteiger partial charge is 0.457 e. The first-order valence-electron chi connectivity index (χ1n) is 7.94. The third-order valence-electron chi connectivity index (χ3n) is 3.46. The number of ether oxygens (including phenoxy) is 1. The van der Waals surface area contributed by atoms with Crippen LogP contribution in [0.5, 0.6) is 11.5 Å². The van der Waals surface area contributed by atoms with Crippen LogP contribution in [0.2, 0.25) is 0 Å². The fourth-order valence-electron chi connectivity index (χ4n) is 2.11. The molecule has 0 fully saturated rings. The highest BCUT2D eigenvalue weighted by Gasteiger charge is 2.15. The molecule has 0 aliphatic heterocycles. The summed E-state index contributed by atoms with van der Waals surface area (Å²) >= 11 is 0. The first-order valence-corrected chi connectivity index (χ1v) is 7.94. The maximum absolute atomic E-state index is 12.0. The lowest BCUT2D eigenvalue weighted by Gasteiger charge is -2.10. The molecule has 0 spiro atoms. The Morgan fingerprint density at radius 1 is 1.00 bits per heavy atom. The Labute approximate surface area is 141 Å². The fourth-order valence-corrected chi connectivity index (χ4v) is 2.11. The Balaban J connectivity index is 1.88. The second-order valence-corrected chi connectivity index (χ2v) is 5.48. The van der Waals surface area contributed by atoms with E-state index in [1.165, 1.54) is 0 Å². The highest BCUT2D eigenvalue weighted by molar-refractivity contribution is 5.94. The predicted molar refractivity (Wildman–Crippen MR) is 90.6 cm³/mol. The molecule has 0 aliphatic carbocycles. The Morgan fingerprint density at radius 2 is 1.62 bits per heavy atom. The molecular weight excluding hydrogens is 306 g/mol. The molecule has 0 bridgehead atoms. The molecule has 2 rings (SSSR count). The van der Waals surface area contributed by atoms with Gasteiger partial charge in [0.25, 0.3) is 5.91 Å². The molecule has 0 heterocycles. The van der Waals surface area contributed by atoms with Gasteiger partial charge in [0.1, 0.15) is 11.5 Å². The van der Waals surface area contributed by atoms with Gasteiger partial charge in [0.2, 0.25) is 0 Å². The fraction of sp³-hybridized carbons (Fsp3) is 0.263. The van der Waals surface area contributed by atoms with Crippen molar-refractivity contribution >= 4 is 11.9 Å². The quantitative estimate of drug-likeness (QED) is 0.811. The highest BCUT2D eigenvalue weighted by atomic mass is 16.7. The van der Waals surface area contributed by atoms with E-state index in [2.05, 4.69) is 5.48 Å². The zero-order valence-electron chi connectivity index (χ0n) is 13.8. The van der Waals surface area contributed by atoms with Crippen LogP contribution in [0, 0.1) is 5.92 Å². The van der Waals surface area contributed by atoms with Gasteiger partial charge in [0.05, 0.1) is 5.92 Å². The van der Waals surface area contributed by atoms with E-state index in [1.54, 1.807) is 31.2 Å². The monoisotopic (exact) mass is 327 g/mol. The van der Waals surface area contributed by atoms with Gasteiger partial charge in [-0.1, -0.05) is 38.5 Å². The molecule has 1 amide bonds. The molecule has 0 radical (unpaired) electrons. The normalized spacial score (nSPS) is 11.4. The SMILES string of the molecule is CCCC(C)C(=O)ONC(=O)c1ccc(Oc2ccccc2)cc1. The van der Waals surface area contributed by atoms with E-state index in [0.29, 0.717) is 17.1 Å². The van der Waals surface area contributed by atoms with Gasteiger partial charge in [-0.05, 0) is 42.8 Å². The van der Waals surface area contributed by atoms with E-state index in [1.807, 2.05) is 37.3 Å². The highest BCUT2D eigenvalue weighted by Crippen LogP contribution is 2.21. The molecule has 0 aliphatic rings. The topological polar surface area (TPSA) is 64.6 Å². The average Bonchev–Trinajstić information content (AvgIpc) is 2.61. The summed E-state index contributed by atoms with van der Waals surface area (Å²) < 4.78 is 5.65. The van der Waals surface area contributed by atoms with Gasteiger partial charge in [0.15, 0.2) is 0 Å². The van der Waals surface area contributed by atoms with Gasteiger partial charge in [0, 0.05) is 5.56 Å². The second-order valence-electron chi connectivity index (χ2n) is 5.48. The summed E-state index contributed by atoms with van der Waals surface area (Å²) in [6, 6.07) is 15.9. The van der Waals surface area contributed by atoms with Crippen LogP contribution in [-0.4, -0.2) is 11.9 Å². The lowest BCUT2D eigenvalue weighted by Crippen LogP contribution is -2.29. The van der Waals surface area contributed by atoms with E-state index in [4.69, 9.17) is 9.57 Å². The number of hydrogen-bond acceptors (Lipinski definition) is 4. The van der Waals surface area contributed by atoms with E-state index in [-0.39, 0.29) is 5.92 Å².